The Balaban J connectivity index is 3.58. The third kappa shape index (κ3) is 2.79. The second-order valence-corrected chi connectivity index (χ2v) is 2.30. The van der Waals surface area contributed by atoms with Gasteiger partial charge in [0.2, 0.25) is 0 Å². The van der Waals surface area contributed by atoms with Crippen molar-refractivity contribution in [3.8, 4) is 0 Å². The van der Waals surface area contributed by atoms with Crippen molar-refractivity contribution < 1.29 is 10.2 Å². The Labute approximate surface area is 55.5 Å². The van der Waals surface area contributed by atoms with Gasteiger partial charge < -0.3 is 15.9 Å². The second kappa shape index (κ2) is 3.82. The molecule has 4 N–H and O–H groups in total. The third-order valence-electron chi connectivity index (χ3n) is 1.40. The zero-order valence-corrected chi connectivity index (χ0v) is 5.91. The van der Waals surface area contributed by atoms with E-state index in [-0.39, 0.29) is 6.04 Å². The van der Waals surface area contributed by atoms with Gasteiger partial charge in [0.25, 0.3) is 0 Å². The van der Waals surface area contributed by atoms with Crippen LogP contribution in [0.15, 0.2) is 0 Å². The van der Waals surface area contributed by atoms with Crippen LogP contribution < -0.4 is 5.73 Å². The summed E-state index contributed by atoms with van der Waals surface area (Å²) in [7, 11) is 0. The van der Waals surface area contributed by atoms with E-state index < -0.39 is 12.2 Å². The van der Waals surface area contributed by atoms with Gasteiger partial charge in [0.05, 0.1) is 12.2 Å². The summed E-state index contributed by atoms with van der Waals surface area (Å²) in [6.45, 7) is 3.40. The predicted octanol–water partition coefficient (Wildman–Crippen LogP) is -0.535. The van der Waals surface area contributed by atoms with E-state index in [1.807, 2.05) is 6.92 Å². The van der Waals surface area contributed by atoms with Crippen LogP contribution in [0.3, 0.4) is 0 Å². The maximum Gasteiger partial charge on any atom is 0.0946 e. The van der Waals surface area contributed by atoms with E-state index >= 15 is 0 Å². The molecule has 0 radical (unpaired) electrons. The average Bonchev–Trinajstić information content (AvgIpc) is 1.84. The van der Waals surface area contributed by atoms with Gasteiger partial charge in [-0.2, -0.15) is 0 Å². The summed E-state index contributed by atoms with van der Waals surface area (Å²) in [4.78, 5) is 0. The number of hydrogen-bond acceptors (Lipinski definition) is 3. The van der Waals surface area contributed by atoms with E-state index in [4.69, 9.17) is 15.9 Å². The molecule has 0 fully saturated rings. The molecule has 0 saturated heterocycles. The molecule has 0 aromatic rings. The first-order valence-electron chi connectivity index (χ1n) is 3.21. The maximum atomic E-state index is 9.02. The molecule has 0 aliphatic rings. The van der Waals surface area contributed by atoms with Crippen LogP contribution in [0.25, 0.3) is 0 Å². The molecule has 0 aliphatic carbocycles. The van der Waals surface area contributed by atoms with Crippen LogP contribution in [-0.4, -0.2) is 28.5 Å². The Morgan fingerprint density at radius 3 is 2.00 bits per heavy atom. The molecule has 0 bridgehead atoms. The lowest BCUT2D eigenvalue weighted by Gasteiger charge is -2.19. The van der Waals surface area contributed by atoms with Gasteiger partial charge in [-0.05, 0) is 13.3 Å². The first kappa shape index (κ1) is 8.88. The first-order valence-corrected chi connectivity index (χ1v) is 3.21. The Bertz CT molecular complexity index is 75.5. The average molecular weight is 133 g/mol. The van der Waals surface area contributed by atoms with Crippen LogP contribution in [0.4, 0.5) is 0 Å². The number of aliphatic hydroxyl groups is 2. The van der Waals surface area contributed by atoms with E-state index in [2.05, 4.69) is 0 Å². The normalized spacial score (nSPS) is 21.0. The molecular formula is C6H15NO2. The lowest BCUT2D eigenvalue weighted by molar-refractivity contribution is 0.0145. The molecule has 3 nitrogen and oxygen atoms in total. The molecule has 0 amide bonds. The van der Waals surface area contributed by atoms with Crippen molar-refractivity contribution >= 4 is 0 Å². The van der Waals surface area contributed by atoms with Crippen LogP contribution in [0.2, 0.25) is 0 Å². The van der Waals surface area contributed by atoms with Crippen LogP contribution in [0.1, 0.15) is 20.3 Å². The summed E-state index contributed by atoms with van der Waals surface area (Å²) >= 11 is 0. The number of aliphatic hydroxyl groups excluding tert-OH is 2. The summed E-state index contributed by atoms with van der Waals surface area (Å²) in [5, 5.41) is 17.8. The monoisotopic (exact) mass is 133 g/mol. The van der Waals surface area contributed by atoms with Crippen LogP contribution >= 0.6 is 0 Å². The zero-order chi connectivity index (χ0) is 7.44. The molecule has 0 aliphatic heterocycles. The number of hydrogen-bond donors (Lipinski definition) is 3. The molecule has 56 valence electrons. The van der Waals surface area contributed by atoms with Crippen molar-refractivity contribution in [3.05, 3.63) is 0 Å². The molecule has 0 saturated carbocycles. The molecule has 0 aromatic carbocycles. The van der Waals surface area contributed by atoms with Gasteiger partial charge in [0, 0.05) is 6.04 Å². The van der Waals surface area contributed by atoms with Crippen molar-refractivity contribution in [2.24, 2.45) is 5.73 Å². The van der Waals surface area contributed by atoms with Crippen LogP contribution in [0.5, 0.6) is 0 Å². The molecule has 0 rings (SSSR count). The lowest BCUT2D eigenvalue weighted by atomic mass is 10.1. The quantitative estimate of drug-likeness (QED) is 0.484. The summed E-state index contributed by atoms with van der Waals surface area (Å²) in [5.74, 6) is 0. The van der Waals surface area contributed by atoms with Gasteiger partial charge in [0.1, 0.15) is 0 Å². The standard InChI is InChI=1S/C6H15NO2/c1-3-5(7)6(9)4(2)8/h4-6,8-9H,3,7H2,1-2H3. The Morgan fingerprint density at radius 2 is 1.89 bits per heavy atom. The number of rotatable bonds is 3. The molecule has 0 aromatic heterocycles. The van der Waals surface area contributed by atoms with Crippen molar-refractivity contribution in [1.82, 2.24) is 0 Å². The first-order chi connectivity index (χ1) is 4.09. The smallest absolute Gasteiger partial charge is 0.0946 e. The Kier molecular flexibility index (Phi) is 3.77. The fourth-order valence-electron chi connectivity index (χ4n) is 0.599. The number of nitrogens with two attached hydrogens (primary N) is 1. The molecule has 9 heavy (non-hydrogen) atoms. The highest BCUT2D eigenvalue weighted by atomic mass is 16.3. The van der Waals surface area contributed by atoms with Gasteiger partial charge in [-0.1, -0.05) is 6.92 Å². The summed E-state index contributed by atoms with van der Waals surface area (Å²) in [5.41, 5.74) is 5.41. The van der Waals surface area contributed by atoms with E-state index in [9.17, 15) is 0 Å². The van der Waals surface area contributed by atoms with Crippen molar-refractivity contribution in [2.75, 3.05) is 0 Å². The summed E-state index contributed by atoms with van der Waals surface area (Å²) < 4.78 is 0. The topological polar surface area (TPSA) is 66.5 Å². The maximum absolute atomic E-state index is 9.02. The summed E-state index contributed by atoms with van der Waals surface area (Å²) in [6.07, 6.45) is -0.818. The second-order valence-electron chi connectivity index (χ2n) is 2.30. The minimum atomic E-state index is -0.782. The molecule has 3 unspecified atom stereocenters. The SMILES string of the molecule is CCC(N)C(O)C(C)O. The van der Waals surface area contributed by atoms with Gasteiger partial charge >= 0.3 is 0 Å². The minimum absolute atomic E-state index is 0.301. The molecule has 0 heterocycles. The Morgan fingerprint density at radius 1 is 1.44 bits per heavy atom. The van der Waals surface area contributed by atoms with Crippen molar-refractivity contribution in [1.29, 1.82) is 0 Å². The molecule has 3 atom stereocenters. The predicted molar refractivity (Wildman–Crippen MR) is 36.0 cm³/mol. The van der Waals surface area contributed by atoms with Crippen molar-refractivity contribution in [3.63, 3.8) is 0 Å². The lowest BCUT2D eigenvalue weighted by Crippen LogP contribution is -2.41. The molecule has 3 heteroatoms. The van der Waals surface area contributed by atoms with E-state index in [1.165, 1.54) is 6.92 Å². The largest absolute Gasteiger partial charge is 0.391 e. The minimum Gasteiger partial charge on any atom is -0.391 e. The van der Waals surface area contributed by atoms with Gasteiger partial charge in [-0.25, -0.2) is 0 Å². The van der Waals surface area contributed by atoms with E-state index in [0.29, 0.717) is 6.42 Å². The van der Waals surface area contributed by atoms with Crippen LogP contribution in [-0.2, 0) is 0 Å². The zero-order valence-electron chi connectivity index (χ0n) is 5.91. The van der Waals surface area contributed by atoms with Gasteiger partial charge in [0.15, 0.2) is 0 Å². The highest BCUT2D eigenvalue weighted by Crippen LogP contribution is 1.99. The van der Waals surface area contributed by atoms with Crippen molar-refractivity contribution in [2.45, 2.75) is 38.5 Å². The Hall–Kier alpha value is -0.120. The van der Waals surface area contributed by atoms with Crippen LogP contribution in [0, 0.1) is 0 Å². The molecule has 0 spiro atoms. The van der Waals surface area contributed by atoms with Gasteiger partial charge in [-0.15, -0.1) is 0 Å². The highest BCUT2D eigenvalue weighted by Gasteiger charge is 2.17. The highest BCUT2D eigenvalue weighted by molar-refractivity contribution is 4.73. The fraction of sp³-hybridized carbons (Fsp3) is 1.00. The summed E-state index contributed by atoms with van der Waals surface area (Å²) in [6, 6.07) is -0.301. The third-order valence-corrected chi connectivity index (χ3v) is 1.40. The van der Waals surface area contributed by atoms with E-state index in [0.717, 1.165) is 0 Å². The molecular weight excluding hydrogens is 118 g/mol. The fourth-order valence-corrected chi connectivity index (χ4v) is 0.599. The van der Waals surface area contributed by atoms with Gasteiger partial charge in [-0.3, -0.25) is 0 Å². The van der Waals surface area contributed by atoms with E-state index in [1.54, 1.807) is 0 Å².